The van der Waals surface area contributed by atoms with Crippen molar-refractivity contribution in [3.63, 3.8) is 0 Å². The van der Waals surface area contributed by atoms with Crippen molar-refractivity contribution in [2.24, 2.45) is 0 Å². The molecular formula is C12H14N4O2. The molecule has 2 aromatic rings. The number of nitro groups is 1. The molecule has 0 bridgehead atoms. The summed E-state index contributed by atoms with van der Waals surface area (Å²) in [5.41, 5.74) is 8.65. The highest BCUT2D eigenvalue weighted by molar-refractivity contribution is 5.59. The molecule has 0 saturated heterocycles. The van der Waals surface area contributed by atoms with E-state index in [1.165, 1.54) is 6.07 Å². The summed E-state index contributed by atoms with van der Waals surface area (Å²) in [7, 11) is 0. The number of nitrogens with zero attached hydrogens (tertiary/aromatic N) is 3. The molecule has 2 rings (SSSR count). The van der Waals surface area contributed by atoms with Gasteiger partial charge in [0, 0.05) is 11.8 Å². The van der Waals surface area contributed by atoms with E-state index in [2.05, 4.69) is 5.10 Å². The van der Waals surface area contributed by atoms with Crippen molar-refractivity contribution in [2.45, 2.75) is 20.4 Å². The molecule has 0 spiro atoms. The van der Waals surface area contributed by atoms with Crippen LogP contribution < -0.4 is 5.73 Å². The lowest BCUT2D eigenvalue weighted by atomic mass is 10.1. The number of rotatable bonds is 3. The lowest BCUT2D eigenvalue weighted by Gasteiger charge is -2.05. The van der Waals surface area contributed by atoms with E-state index >= 15 is 0 Å². The Hall–Kier alpha value is -2.37. The smallest absolute Gasteiger partial charge is 0.292 e. The first-order chi connectivity index (χ1) is 8.47. The molecular weight excluding hydrogens is 232 g/mol. The number of benzene rings is 1. The topological polar surface area (TPSA) is 87.0 Å². The zero-order valence-electron chi connectivity index (χ0n) is 10.3. The SMILES string of the molecule is Cc1cc(C)n(Cc2ccc([N+](=O)[O-])c(N)c2)n1. The Morgan fingerprint density at radius 1 is 1.39 bits per heavy atom. The van der Waals surface area contributed by atoms with Crippen LogP contribution >= 0.6 is 0 Å². The maximum atomic E-state index is 10.7. The monoisotopic (exact) mass is 246 g/mol. The van der Waals surface area contributed by atoms with Crippen LogP contribution in [0.4, 0.5) is 11.4 Å². The first kappa shape index (κ1) is 12.1. The number of nitrogen functional groups attached to an aromatic ring is 1. The highest BCUT2D eigenvalue weighted by Gasteiger charge is 2.11. The van der Waals surface area contributed by atoms with Gasteiger partial charge in [-0.1, -0.05) is 6.07 Å². The van der Waals surface area contributed by atoms with Crippen molar-refractivity contribution in [3.05, 3.63) is 51.3 Å². The van der Waals surface area contributed by atoms with E-state index < -0.39 is 4.92 Å². The fourth-order valence-electron chi connectivity index (χ4n) is 1.88. The Bertz CT molecular complexity index is 604. The van der Waals surface area contributed by atoms with Gasteiger partial charge in [-0.15, -0.1) is 0 Å². The molecule has 0 aliphatic rings. The standard InChI is InChI=1S/C12H14N4O2/c1-8-5-9(2)15(14-8)7-10-3-4-12(16(17)18)11(13)6-10/h3-6H,7,13H2,1-2H3. The Kier molecular flexibility index (Phi) is 3.01. The van der Waals surface area contributed by atoms with E-state index in [1.807, 2.05) is 24.6 Å². The van der Waals surface area contributed by atoms with Crippen LogP contribution in [0.1, 0.15) is 17.0 Å². The molecule has 0 aliphatic heterocycles. The van der Waals surface area contributed by atoms with Gasteiger partial charge < -0.3 is 5.73 Å². The minimum Gasteiger partial charge on any atom is -0.393 e. The third-order valence-electron chi connectivity index (χ3n) is 2.72. The Labute approximate surface area is 104 Å². The number of hydrogen-bond acceptors (Lipinski definition) is 4. The van der Waals surface area contributed by atoms with Crippen molar-refractivity contribution < 1.29 is 4.92 Å². The Morgan fingerprint density at radius 2 is 2.11 bits per heavy atom. The molecule has 0 radical (unpaired) electrons. The fourth-order valence-corrected chi connectivity index (χ4v) is 1.88. The van der Waals surface area contributed by atoms with Gasteiger partial charge in [0.25, 0.3) is 5.69 Å². The maximum absolute atomic E-state index is 10.7. The van der Waals surface area contributed by atoms with E-state index in [9.17, 15) is 10.1 Å². The summed E-state index contributed by atoms with van der Waals surface area (Å²) in [6.07, 6.45) is 0. The molecule has 0 saturated carbocycles. The van der Waals surface area contributed by atoms with Crippen LogP contribution in [0.25, 0.3) is 0 Å². The molecule has 94 valence electrons. The number of nitro benzene ring substituents is 1. The van der Waals surface area contributed by atoms with Crippen LogP contribution in [0.2, 0.25) is 0 Å². The average molecular weight is 246 g/mol. The zero-order valence-corrected chi connectivity index (χ0v) is 10.3. The average Bonchev–Trinajstić information content (AvgIpc) is 2.57. The van der Waals surface area contributed by atoms with Gasteiger partial charge in [-0.05, 0) is 31.5 Å². The normalized spacial score (nSPS) is 10.6. The summed E-state index contributed by atoms with van der Waals surface area (Å²) in [5.74, 6) is 0. The quantitative estimate of drug-likeness (QED) is 0.510. The van der Waals surface area contributed by atoms with Gasteiger partial charge in [-0.2, -0.15) is 5.10 Å². The molecule has 2 N–H and O–H groups in total. The summed E-state index contributed by atoms with van der Waals surface area (Å²) >= 11 is 0. The summed E-state index contributed by atoms with van der Waals surface area (Å²) in [6.45, 7) is 4.45. The van der Waals surface area contributed by atoms with Gasteiger partial charge in [-0.25, -0.2) is 0 Å². The summed E-state index contributed by atoms with van der Waals surface area (Å²) in [4.78, 5) is 10.2. The van der Waals surface area contributed by atoms with E-state index in [1.54, 1.807) is 12.1 Å². The molecule has 0 amide bonds. The van der Waals surface area contributed by atoms with Crippen molar-refractivity contribution in [2.75, 3.05) is 5.73 Å². The van der Waals surface area contributed by atoms with Gasteiger partial charge in [-0.3, -0.25) is 14.8 Å². The zero-order chi connectivity index (χ0) is 13.3. The van der Waals surface area contributed by atoms with Crippen molar-refractivity contribution in [1.29, 1.82) is 0 Å². The van der Waals surface area contributed by atoms with Gasteiger partial charge in [0.05, 0.1) is 17.2 Å². The lowest BCUT2D eigenvalue weighted by Crippen LogP contribution is -2.05. The molecule has 0 atom stereocenters. The highest BCUT2D eigenvalue weighted by Crippen LogP contribution is 2.22. The summed E-state index contributed by atoms with van der Waals surface area (Å²) in [5, 5.41) is 15.0. The van der Waals surface area contributed by atoms with Crippen LogP contribution in [0, 0.1) is 24.0 Å². The van der Waals surface area contributed by atoms with Gasteiger partial charge >= 0.3 is 0 Å². The second-order valence-electron chi connectivity index (χ2n) is 4.24. The third-order valence-corrected chi connectivity index (χ3v) is 2.72. The second-order valence-corrected chi connectivity index (χ2v) is 4.24. The van der Waals surface area contributed by atoms with Gasteiger partial charge in [0.2, 0.25) is 0 Å². The predicted molar refractivity (Wildman–Crippen MR) is 68.3 cm³/mol. The molecule has 18 heavy (non-hydrogen) atoms. The maximum Gasteiger partial charge on any atom is 0.292 e. The minimum absolute atomic E-state index is 0.0629. The minimum atomic E-state index is -0.484. The third kappa shape index (κ3) is 2.32. The number of hydrogen-bond donors (Lipinski definition) is 1. The van der Waals surface area contributed by atoms with E-state index in [-0.39, 0.29) is 11.4 Å². The van der Waals surface area contributed by atoms with Crippen LogP contribution in [0.3, 0.4) is 0 Å². The first-order valence-corrected chi connectivity index (χ1v) is 5.51. The van der Waals surface area contributed by atoms with Crippen molar-refractivity contribution in [3.8, 4) is 0 Å². The molecule has 1 heterocycles. The summed E-state index contributed by atoms with van der Waals surface area (Å²) < 4.78 is 1.84. The molecule has 6 heteroatoms. The number of anilines is 1. The molecule has 6 nitrogen and oxygen atoms in total. The van der Waals surface area contributed by atoms with Gasteiger partial charge in [0.1, 0.15) is 5.69 Å². The van der Waals surface area contributed by atoms with Crippen molar-refractivity contribution >= 4 is 11.4 Å². The Morgan fingerprint density at radius 3 is 2.61 bits per heavy atom. The number of aryl methyl sites for hydroxylation is 2. The van der Waals surface area contributed by atoms with Crippen LogP contribution in [0.15, 0.2) is 24.3 Å². The number of nitrogens with two attached hydrogens (primary N) is 1. The van der Waals surface area contributed by atoms with Crippen LogP contribution in [-0.4, -0.2) is 14.7 Å². The lowest BCUT2D eigenvalue weighted by molar-refractivity contribution is -0.383. The molecule has 0 aliphatic carbocycles. The highest BCUT2D eigenvalue weighted by atomic mass is 16.6. The van der Waals surface area contributed by atoms with Crippen molar-refractivity contribution in [1.82, 2.24) is 9.78 Å². The van der Waals surface area contributed by atoms with E-state index in [0.29, 0.717) is 6.54 Å². The first-order valence-electron chi connectivity index (χ1n) is 5.51. The predicted octanol–water partition coefficient (Wildman–Crippen LogP) is 2.04. The van der Waals surface area contributed by atoms with E-state index in [0.717, 1.165) is 17.0 Å². The van der Waals surface area contributed by atoms with Crippen LogP contribution in [0.5, 0.6) is 0 Å². The largest absolute Gasteiger partial charge is 0.393 e. The fraction of sp³-hybridized carbons (Fsp3) is 0.250. The summed E-state index contributed by atoms with van der Waals surface area (Å²) in [6, 6.07) is 6.73. The van der Waals surface area contributed by atoms with E-state index in [4.69, 9.17) is 5.73 Å². The number of aromatic nitrogens is 2. The Balaban J connectivity index is 2.28. The molecule has 1 aromatic carbocycles. The van der Waals surface area contributed by atoms with Gasteiger partial charge in [0.15, 0.2) is 0 Å². The molecule has 0 unspecified atom stereocenters. The van der Waals surface area contributed by atoms with Crippen LogP contribution in [-0.2, 0) is 6.54 Å². The second kappa shape index (κ2) is 4.48. The molecule has 0 fully saturated rings. The molecule has 1 aromatic heterocycles.